The first-order valence-electron chi connectivity index (χ1n) is 12.5. The van der Waals surface area contributed by atoms with Gasteiger partial charge in [0.05, 0.1) is 0 Å². The quantitative estimate of drug-likeness (QED) is 0.420. The van der Waals surface area contributed by atoms with Crippen LogP contribution in [-0.4, -0.2) is 0 Å². The van der Waals surface area contributed by atoms with Gasteiger partial charge < -0.3 is 0 Å². The monoisotopic (exact) mass is 392 g/mol. The van der Waals surface area contributed by atoms with E-state index < -0.39 is 0 Å². The summed E-state index contributed by atoms with van der Waals surface area (Å²) in [6.07, 6.45) is 22.5. The van der Waals surface area contributed by atoms with Crippen molar-refractivity contribution in [2.24, 2.45) is 40.4 Å². The molecule has 0 aromatic carbocycles. The van der Waals surface area contributed by atoms with Crippen molar-refractivity contribution >= 4 is 0 Å². The highest BCUT2D eigenvalue weighted by molar-refractivity contribution is 5.43. The highest BCUT2D eigenvalue weighted by Gasteiger charge is 2.57. The summed E-state index contributed by atoms with van der Waals surface area (Å²) in [6.45, 7) is 16.2. The molecule has 0 aromatic heterocycles. The smallest absolute Gasteiger partial charge is 0.00418 e. The molecule has 0 radical (unpaired) electrons. The van der Waals surface area contributed by atoms with Gasteiger partial charge in [0.25, 0.3) is 0 Å². The molecule has 0 aliphatic heterocycles. The zero-order chi connectivity index (χ0) is 20.8. The minimum atomic E-state index is 0.402. The van der Waals surface area contributed by atoms with E-state index in [0.29, 0.717) is 16.7 Å². The molecule has 0 heteroatoms. The maximum atomic E-state index is 4.01. The maximum Gasteiger partial charge on any atom is -0.00418 e. The molecule has 1 unspecified atom stereocenters. The van der Waals surface area contributed by atoms with Crippen LogP contribution >= 0.6 is 0 Å². The lowest BCUT2D eigenvalue weighted by atomic mass is 9.45. The maximum absolute atomic E-state index is 4.01. The van der Waals surface area contributed by atoms with Gasteiger partial charge in [0.1, 0.15) is 0 Å². The molecule has 160 valence electrons. The highest BCUT2D eigenvalue weighted by atomic mass is 14.6. The predicted octanol–water partition coefficient (Wildman–Crippen LogP) is 8.67. The molecule has 4 aliphatic rings. The molecule has 6 atom stereocenters. The van der Waals surface area contributed by atoms with E-state index in [1.165, 1.54) is 68.9 Å². The summed E-state index contributed by atoms with van der Waals surface area (Å²) < 4.78 is 0. The number of fused-ring (bicyclic) bond motifs is 5. The first-order valence-corrected chi connectivity index (χ1v) is 12.5. The first kappa shape index (κ1) is 21.2. The van der Waals surface area contributed by atoms with Crippen LogP contribution in [0.25, 0.3) is 0 Å². The molecule has 0 bridgehead atoms. The van der Waals surface area contributed by atoms with Crippen molar-refractivity contribution in [1.82, 2.24) is 0 Å². The van der Waals surface area contributed by atoms with Gasteiger partial charge in [-0.3, -0.25) is 0 Å². The number of allylic oxidation sites excluding steroid dienone is 7. The topological polar surface area (TPSA) is 0 Å². The van der Waals surface area contributed by atoms with Gasteiger partial charge in [0, 0.05) is 0 Å². The van der Waals surface area contributed by atoms with Crippen LogP contribution in [0.15, 0.2) is 47.6 Å². The van der Waals surface area contributed by atoms with Crippen molar-refractivity contribution in [2.75, 3.05) is 0 Å². The molecular formula is C29H44. The molecule has 3 saturated carbocycles. The molecule has 3 fully saturated rings. The predicted molar refractivity (Wildman–Crippen MR) is 127 cm³/mol. The van der Waals surface area contributed by atoms with Crippen molar-refractivity contribution in [3.63, 3.8) is 0 Å². The van der Waals surface area contributed by atoms with Crippen molar-refractivity contribution in [2.45, 2.75) is 92.4 Å². The molecule has 29 heavy (non-hydrogen) atoms. The van der Waals surface area contributed by atoms with E-state index in [2.05, 4.69) is 59.4 Å². The van der Waals surface area contributed by atoms with Gasteiger partial charge in [-0.25, -0.2) is 0 Å². The summed E-state index contributed by atoms with van der Waals surface area (Å²) in [6, 6.07) is 0. The van der Waals surface area contributed by atoms with E-state index in [1.54, 1.807) is 5.57 Å². The van der Waals surface area contributed by atoms with Gasteiger partial charge in [0.2, 0.25) is 0 Å². The van der Waals surface area contributed by atoms with Crippen LogP contribution in [0.5, 0.6) is 0 Å². The Morgan fingerprint density at radius 2 is 1.83 bits per heavy atom. The number of hydrogen-bond donors (Lipinski definition) is 0. The Bertz CT molecular complexity index is 731. The van der Waals surface area contributed by atoms with E-state index in [0.717, 1.165) is 23.7 Å². The SMILES string of the molecule is C=CC(=CC=C(C)C1=CC[C@H]2[C@@H]3CCC4CCCC[C@]4(C)[C@H]3CC[C@]12C)C(C)C. The number of hydrogen-bond acceptors (Lipinski definition) is 0. The Morgan fingerprint density at radius 1 is 1.03 bits per heavy atom. The molecule has 0 aromatic rings. The standard InChI is InChI=1S/C29H44/c1-7-22(20(2)3)12-11-21(4)25-15-16-26-24-14-13-23-10-8-9-18-28(23,5)27(24)17-19-29(25,26)6/h7,11-12,15,20,23-24,26-27H,1,8-10,13-14,16-19H2,2-6H3/t23?,24-,26-,27-,28-,29+/m0/s1. The summed E-state index contributed by atoms with van der Waals surface area (Å²) in [5, 5.41) is 0. The fourth-order valence-corrected chi connectivity index (χ4v) is 8.28. The number of rotatable bonds is 4. The largest absolute Gasteiger partial charge is 0.0988 e. The Morgan fingerprint density at radius 3 is 2.55 bits per heavy atom. The van der Waals surface area contributed by atoms with Gasteiger partial charge in [-0.15, -0.1) is 0 Å². The normalized spacial score (nSPS) is 42.8. The van der Waals surface area contributed by atoms with E-state index in [9.17, 15) is 0 Å². The van der Waals surface area contributed by atoms with Gasteiger partial charge in [-0.1, -0.05) is 71.4 Å². The van der Waals surface area contributed by atoms with Crippen LogP contribution in [-0.2, 0) is 0 Å². The minimum absolute atomic E-state index is 0.402. The average molecular weight is 393 g/mol. The van der Waals surface area contributed by atoms with E-state index >= 15 is 0 Å². The van der Waals surface area contributed by atoms with Crippen LogP contribution in [0.3, 0.4) is 0 Å². The molecular weight excluding hydrogens is 348 g/mol. The second-order valence-electron chi connectivity index (χ2n) is 11.6. The third-order valence-electron chi connectivity index (χ3n) is 10.0. The second-order valence-corrected chi connectivity index (χ2v) is 11.6. The van der Waals surface area contributed by atoms with Crippen molar-refractivity contribution < 1.29 is 0 Å². The zero-order valence-electron chi connectivity index (χ0n) is 19.8. The summed E-state index contributed by atoms with van der Waals surface area (Å²) in [4.78, 5) is 0. The zero-order valence-corrected chi connectivity index (χ0v) is 19.8. The minimum Gasteiger partial charge on any atom is -0.0988 e. The van der Waals surface area contributed by atoms with Crippen LogP contribution in [0.2, 0.25) is 0 Å². The van der Waals surface area contributed by atoms with E-state index in [1.807, 2.05) is 6.08 Å². The van der Waals surface area contributed by atoms with Gasteiger partial charge in [-0.05, 0) is 109 Å². The molecule has 0 saturated heterocycles. The Hall–Kier alpha value is -1.04. The van der Waals surface area contributed by atoms with Gasteiger partial charge in [-0.2, -0.15) is 0 Å². The van der Waals surface area contributed by atoms with Crippen LogP contribution in [0.4, 0.5) is 0 Å². The fourth-order valence-electron chi connectivity index (χ4n) is 8.28. The summed E-state index contributed by atoms with van der Waals surface area (Å²) >= 11 is 0. The molecule has 0 amide bonds. The average Bonchev–Trinajstić information content (AvgIpc) is 3.05. The van der Waals surface area contributed by atoms with Crippen molar-refractivity contribution in [3.05, 3.63) is 47.6 Å². The lowest BCUT2D eigenvalue weighted by Gasteiger charge is -2.60. The lowest BCUT2D eigenvalue weighted by Crippen LogP contribution is -2.52. The molecule has 0 heterocycles. The Balaban J connectivity index is 1.57. The molecule has 4 rings (SSSR count). The second kappa shape index (κ2) is 7.90. The van der Waals surface area contributed by atoms with Crippen LogP contribution in [0.1, 0.15) is 92.4 Å². The summed E-state index contributed by atoms with van der Waals surface area (Å²) in [7, 11) is 0. The molecule has 4 aliphatic carbocycles. The Labute approximate surface area is 180 Å². The lowest BCUT2D eigenvalue weighted by molar-refractivity contribution is -0.0984. The Kier molecular flexibility index (Phi) is 5.77. The molecule has 0 nitrogen and oxygen atoms in total. The van der Waals surface area contributed by atoms with Gasteiger partial charge >= 0.3 is 0 Å². The highest BCUT2D eigenvalue weighted by Crippen LogP contribution is 2.66. The third-order valence-corrected chi connectivity index (χ3v) is 10.0. The van der Waals surface area contributed by atoms with Crippen molar-refractivity contribution in [1.29, 1.82) is 0 Å². The summed E-state index contributed by atoms with van der Waals surface area (Å²) in [5.41, 5.74) is 5.55. The molecule has 0 N–H and O–H groups in total. The third kappa shape index (κ3) is 3.43. The summed E-state index contributed by atoms with van der Waals surface area (Å²) in [5.74, 6) is 4.40. The molecule has 0 spiro atoms. The first-order chi connectivity index (χ1) is 13.8. The van der Waals surface area contributed by atoms with Crippen molar-refractivity contribution in [3.8, 4) is 0 Å². The van der Waals surface area contributed by atoms with E-state index in [4.69, 9.17) is 0 Å². The fraction of sp³-hybridized carbons (Fsp3) is 0.724. The van der Waals surface area contributed by atoms with Gasteiger partial charge in [0.15, 0.2) is 0 Å². The van der Waals surface area contributed by atoms with Crippen LogP contribution < -0.4 is 0 Å². The van der Waals surface area contributed by atoms with E-state index in [-0.39, 0.29) is 0 Å². The van der Waals surface area contributed by atoms with Crippen LogP contribution in [0, 0.1) is 40.4 Å².